The molecule has 0 bridgehead atoms. The van der Waals surface area contributed by atoms with Crippen LogP contribution in [0.2, 0.25) is 0 Å². The van der Waals surface area contributed by atoms with Crippen molar-refractivity contribution in [1.29, 1.82) is 0 Å². The van der Waals surface area contributed by atoms with Crippen LogP contribution < -0.4 is 5.56 Å². The second-order valence-corrected chi connectivity index (χ2v) is 4.65. The fourth-order valence-electron chi connectivity index (χ4n) is 2.10. The lowest BCUT2D eigenvalue weighted by atomic mass is 10.2. The van der Waals surface area contributed by atoms with Gasteiger partial charge in [0.2, 0.25) is 0 Å². The Morgan fingerprint density at radius 3 is 2.73 bits per heavy atom. The van der Waals surface area contributed by atoms with Crippen molar-refractivity contribution in [2.24, 2.45) is 0 Å². The minimum Gasteiger partial charge on any atom is -0.306 e. The number of nitrogens with one attached hydrogen (secondary N) is 1. The number of rotatable bonds is 3. The van der Waals surface area contributed by atoms with Crippen LogP contribution in [0, 0.1) is 10.1 Å². The first-order chi connectivity index (χ1) is 10.6. The molecule has 0 unspecified atom stereocenters. The van der Waals surface area contributed by atoms with E-state index in [1.54, 1.807) is 42.5 Å². The van der Waals surface area contributed by atoms with Crippen molar-refractivity contribution in [2.75, 3.05) is 0 Å². The van der Waals surface area contributed by atoms with Gasteiger partial charge in [-0.15, -0.1) is 0 Å². The Morgan fingerprint density at radius 1 is 1.09 bits per heavy atom. The molecule has 3 rings (SSSR count). The maximum atomic E-state index is 11.9. The van der Waals surface area contributed by atoms with Crippen LogP contribution in [0.1, 0.15) is 11.4 Å². The summed E-state index contributed by atoms with van der Waals surface area (Å²) in [6.45, 7) is 0. The van der Waals surface area contributed by atoms with Gasteiger partial charge in [0, 0.05) is 12.1 Å². The molecule has 1 aromatic heterocycles. The molecule has 0 amide bonds. The summed E-state index contributed by atoms with van der Waals surface area (Å²) in [5, 5.41) is 11.3. The molecule has 22 heavy (non-hydrogen) atoms. The predicted octanol–water partition coefficient (Wildman–Crippen LogP) is 3.00. The monoisotopic (exact) mass is 293 g/mol. The maximum absolute atomic E-state index is 11.9. The van der Waals surface area contributed by atoms with E-state index in [4.69, 9.17) is 0 Å². The Kier molecular flexibility index (Phi) is 3.49. The Hall–Kier alpha value is -3.28. The highest BCUT2D eigenvalue weighted by molar-refractivity contribution is 5.79. The smallest absolute Gasteiger partial charge is 0.270 e. The van der Waals surface area contributed by atoms with Gasteiger partial charge in [0.25, 0.3) is 11.2 Å². The molecule has 108 valence electrons. The lowest BCUT2D eigenvalue weighted by Gasteiger charge is -1.98. The topological polar surface area (TPSA) is 88.9 Å². The lowest BCUT2D eigenvalue weighted by molar-refractivity contribution is -0.384. The zero-order valence-corrected chi connectivity index (χ0v) is 11.4. The second kappa shape index (κ2) is 5.61. The summed E-state index contributed by atoms with van der Waals surface area (Å²) in [4.78, 5) is 29.2. The number of aromatic nitrogens is 2. The molecular weight excluding hydrogens is 282 g/mol. The van der Waals surface area contributed by atoms with E-state index in [-0.39, 0.29) is 11.2 Å². The van der Waals surface area contributed by atoms with Crippen LogP contribution >= 0.6 is 0 Å². The third-order valence-electron chi connectivity index (χ3n) is 3.15. The fraction of sp³-hybridized carbons (Fsp3) is 0. The predicted molar refractivity (Wildman–Crippen MR) is 84.4 cm³/mol. The number of hydrogen-bond donors (Lipinski definition) is 1. The highest BCUT2D eigenvalue weighted by atomic mass is 16.6. The molecule has 0 radical (unpaired) electrons. The van der Waals surface area contributed by atoms with E-state index in [9.17, 15) is 14.9 Å². The van der Waals surface area contributed by atoms with Crippen molar-refractivity contribution in [3.05, 3.63) is 80.4 Å². The van der Waals surface area contributed by atoms with Crippen LogP contribution in [-0.4, -0.2) is 14.9 Å². The zero-order valence-electron chi connectivity index (χ0n) is 11.4. The quantitative estimate of drug-likeness (QED) is 0.593. The number of benzene rings is 2. The minimum absolute atomic E-state index is 0.0158. The third-order valence-corrected chi connectivity index (χ3v) is 3.15. The Bertz CT molecular complexity index is 945. The van der Waals surface area contributed by atoms with Gasteiger partial charge in [-0.05, 0) is 23.8 Å². The lowest BCUT2D eigenvalue weighted by Crippen LogP contribution is -2.09. The van der Waals surface area contributed by atoms with Gasteiger partial charge in [0.05, 0.1) is 15.8 Å². The summed E-state index contributed by atoms with van der Waals surface area (Å²) in [5.41, 5.74) is 1.06. The van der Waals surface area contributed by atoms with Gasteiger partial charge in [0.15, 0.2) is 0 Å². The Labute approximate surface area is 124 Å². The number of nitrogens with zero attached hydrogens (tertiary/aromatic N) is 2. The Balaban J connectivity index is 1.97. The highest BCUT2D eigenvalue weighted by Gasteiger charge is 2.04. The summed E-state index contributed by atoms with van der Waals surface area (Å²) >= 11 is 0. The molecule has 1 heterocycles. The van der Waals surface area contributed by atoms with Gasteiger partial charge >= 0.3 is 0 Å². The first kappa shape index (κ1) is 13.7. The van der Waals surface area contributed by atoms with Crippen molar-refractivity contribution in [3.63, 3.8) is 0 Å². The van der Waals surface area contributed by atoms with E-state index in [2.05, 4.69) is 9.97 Å². The summed E-state index contributed by atoms with van der Waals surface area (Å²) in [7, 11) is 0. The molecule has 1 N–H and O–H groups in total. The number of nitro groups is 1. The third kappa shape index (κ3) is 2.76. The number of para-hydroxylation sites is 1. The first-order valence-corrected chi connectivity index (χ1v) is 6.55. The van der Waals surface area contributed by atoms with Crippen molar-refractivity contribution < 1.29 is 4.92 Å². The molecule has 3 aromatic rings. The number of fused-ring (bicyclic) bond motifs is 1. The van der Waals surface area contributed by atoms with Gasteiger partial charge in [-0.1, -0.05) is 30.3 Å². The Morgan fingerprint density at radius 2 is 1.91 bits per heavy atom. The number of non-ortho nitro benzene ring substituents is 1. The molecule has 0 fully saturated rings. The van der Waals surface area contributed by atoms with Crippen LogP contribution in [-0.2, 0) is 0 Å². The van der Waals surface area contributed by atoms with Gasteiger partial charge in [-0.3, -0.25) is 14.9 Å². The molecule has 2 aromatic carbocycles. The van der Waals surface area contributed by atoms with Gasteiger partial charge in [0.1, 0.15) is 5.82 Å². The maximum Gasteiger partial charge on any atom is 0.270 e. The molecule has 6 heteroatoms. The summed E-state index contributed by atoms with van der Waals surface area (Å²) in [6, 6.07) is 13.3. The van der Waals surface area contributed by atoms with Crippen molar-refractivity contribution in [1.82, 2.24) is 9.97 Å². The van der Waals surface area contributed by atoms with Gasteiger partial charge < -0.3 is 4.98 Å². The number of aromatic amines is 1. The van der Waals surface area contributed by atoms with Crippen LogP contribution in [0.5, 0.6) is 0 Å². The molecule has 0 saturated heterocycles. The van der Waals surface area contributed by atoms with Crippen molar-refractivity contribution in [2.45, 2.75) is 0 Å². The second-order valence-electron chi connectivity index (χ2n) is 4.65. The van der Waals surface area contributed by atoms with Gasteiger partial charge in [-0.2, -0.15) is 0 Å². The number of H-pyrrole nitrogens is 1. The molecule has 0 aliphatic rings. The van der Waals surface area contributed by atoms with E-state index in [0.717, 1.165) is 0 Å². The molecule has 0 aliphatic heterocycles. The molecule has 0 atom stereocenters. The van der Waals surface area contributed by atoms with Crippen molar-refractivity contribution in [3.8, 4) is 0 Å². The van der Waals surface area contributed by atoms with Crippen LogP contribution in [0.15, 0.2) is 53.3 Å². The zero-order chi connectivity index (χ0) is 15.5. The first-order valence-electron chi connectivity index (χ1n) is 6.55. The average molecular weight is 293 g/mol. The van der Waals surface area contributed by atoms with E-state index in [0.29, 0.717) is 22.3 Å². The largest absolute Gasteiger partial charge is 0.306 e. The normalized spacial score (nSPS) is 11.1. The van der Waals surface area contributed by atoms with E-state index >= 15 is 0 Å². The number of nitro benzene ring substituents is 1. The number of hydrogen-bond acceptors (Lipinski definition) is 4. The minimum atomic E-state index is -0.451. The van der Waals surface area contributed by atoms with Crippen LogP contribution in [0.3, 0.4) is 0 Å². The van der Waals surface area contributed by atoms with Crippen LogP contribution in [0.4, 0.5) is 5.69 Å². The van der Waals surface area contributed by atoms with E-state index in [1.165, 1.54) is 12.1 Å². The van der Waals surface area contributed by atoms with E-state index in [1.807, 2.05) is 6.07 Å². The van der Waals surface area contributed by atoms with Crippen LogP contribution in [0.25, 0.3) is 23.1 Å². The molecular formula is C16H11N3O3. The fourth-order valence-corrected chi connectivity index (χ4v) is 2.10. The highest BCUT2D eigenvalue weighted by Crippen LogP contribution is 2.15. The van der Waals surface area contributed by atoms with Gasteiger partial charge in [-0.25, -0.2) is 4.98 Å². The summed E-state index contributed by atoms with van der Waals surface area (Å²) in [6.07, 6.45) is 3.28. The molecule has 6 nitrogen and oxygen atoms in total. The molecule has 0 saturated carbocycles. The van der Waals surface area contributed by atoms with Crippen molar-refractivity contribution >= 4 is 28.7 Å². The SMILES string of the molecule is O=c1[nH]c(C=Cc2cccc([N+](=O)[O-])c2)nc2ccccc12. The van der Waals surface area contributed by atoms with E-state index < -0.39 is 4.92 Å². The molecule has 0 aliphatic carbocycles. The summed E-state index contributed by atoms with van der Waals surface area (Å²) in [5.74, 6) is 0.398. The summed E-state index contributed by atoms with van der Waals surface area (Å²) < 4.78 is 0. The molecule has 0 spiro atoms. The average Bonchev–Trinajstić information content (AvgIpc) is 2.53. The standard InChI is InChI=1S/C16H11N3O3/c20-16-13-6-1-2-7-14(13)17-15(18-16)9-8-11-4-3-5-12(10-11)19(21)22/h1-10H,(H,17,18,20).